The number of fused-ring (bicyclic) bond motifs is 6. The molecule has 0 N–H and O–H groups in total. The first-order valence-electron chi connectivity index (χ1n) is 17.2. The molecule has 1 heterocycles. The first kappa shape index (κ1) is 29.7. The van der Waals surface area contributed by atoms with Crippen LogP contribution in [0.25, 0.3) is 49.5 Å². The van der Waals surface area contributed by atoms with E-state index in [4.69, 9.17) is 4.74 Å². The summed E-state index contributed by atoms with van der Waals surface area (Å²) in [6.45, 7) is 4.15. The lowest BCUT2D eigenvalue weighted by Gasteiger charge is -2.29. The normalized spacial score (nSPS) is 15.4. The number of rotatable bonds is 7. The fourth-order valence-electron chi connectivity index (χ4n) is 7.57. The van der Waals surface area contributed by atoms with E-state index in [-0.39, 0.29) is 12.0 Å². The van der Waals surface area contributed by atoms with Gasteiger partial charge in [-0.1, -0.05) is 170 Å². The molecule has 8 aromatic carbocycles. The van der Waals surface area contributed by atoms with E-state index in [2.05, 4.69) is 193 Å². The third-order valence-corrected chi connectivity index (χ3v) is 9.99. The van der Waals surface area contributed by atoms with E-state index >= 15 is 0 Å². The fourth-order valence-corrected chi connectivity index (χ4v) is 7.57. The Morgan fingerprint density at radius 1 is 0.520 bits per heavy atom. The largest absolute Gasteiger partial charge is 0.484 e. The van der Waals surface area contributed by atoms with Gasteiger partial charge in [0.05, 0.1) is 11.4 Å². The van der Waals surface area contributed by atoms with Crippen LogP contribution in [0.3, 0.4) is 0 Å². The Bertz CT molecular complexity index is 2570. The minimum atomic E-state index is -0.149. The number of hydrogen-bond acceptors (Lipinski definition) is 2. The first-order valence-corrected chi connectivity index (χ1v) is 17.2. The van der Waals surface area contributed by atoms with Crippen LogP contribution in [0.15, 0.2) is 189 Å². The number of ether oxygens (including phenoxy) is 1. The van der Waals surface area contributed by atoms with Crippen molar-refractivity contribution in [2.75, 3.05) is 4.90 Å². The van der Waals surface area contributed by atoms with Crippen LogP contribution >= 0.6 is 0 Å². The van der Waals surface area contributed by atoms with E-state index in [1.165, 1.54) is 43.6 Å². The highest BCUT2D eigenvalue weighted by Gasteiger charge is 2.32. The van der Waals surface area contributed by atoms with Crippen LogP contribution in [0.2, 0.25) is 0 Å². The molecule has 0 aromatic heterocycles. The molecule has 2 unspecified atom stereocenters. The van der Waals surface area contributed by atoms with Crippen molar-refractivity contribution < 1.29 is 4.74 Å². The summed E-state index contributed by atoms with van der Waals surface area (Å²) >= 11 is 0. The topological polar surface area (TPSA) is 12.5 Å². The highest BCUT2D eigenvalue weighted by atomic mass is 16.5. The van der Waals surface area contributed by atoms with Crippen molar-refractivity contribution in [3.63, 3.8) is 0 Å². The molecule has 2 nitrogen and oxygen atoms in total. The summed E-state index contributed by atoms with van der Waals surface area (Å²) in [5.74, 6) is 0.997. The third kappa shape index (κ3) is 5.14. The van der Waals surface area contributed by atoms with Crippen molar-refractivity contribution in [3.05, 3.63) is 200 Å². The van der Waals surface area contributed by atoms with Crippen molar-refractivity contribution in [3.8, 4) is 16.9 Å². The summed E-state index contributed by atoms with van der Waals surface area (Å²) in [5, 5.41) is 7.24. The average Bonchev–Trinajstić information content (AvgIpc) is 3.56. The summed E-state index contributed by atoms with van der Waals surface area (Å²) in [6, 6.07) is 60.8. The van der Waals surface area contributed by atoms with Gasteiger partial charge in [-0.05, 0) is 62.5 Å². The molecule has 50 heavy (non-hydrogen) atoms. The van der Waals surface area contributed by atoms with Gasteiger partial charge in [0.15, 0.2) is 0 Å². The maximum absolute atomic E-state index is 6.55. The van der Waals surface area contributed by atoms with Crippen LogP contribution in [-0.2, 0) is 0 Å². The highest BCUT2D eigenvalue weighted by molar-refractivity contribution is 6.13. The molecule has 0 fully saturated rings. The maximum atomic E-state index is 6.55. The van der Waals surface area contributed by atoms with Gasteiger partial charge < -0.3 is 9.64 Å². The molecule has 0 spiro atoms. The Morgan fingerprint density at radius 2 is 1.18 bits per heavy atom. The molecule has 0 saturated carbocycles. The maximum Gasteiger partial charge on any atom is 0.132 e. The van der Waals surface area contributed by atoms with Crippen LogP contribution in [0, 0.1) is 0 Å². The van der Waals surface area contributed by atoms with Gasteiger partial charge in [0.1, 0.15) is 11.9 Å². The summed E-state index contributed by atoms with van der Waals surface area (Å²) in [5.41, 5.74) is 7.99. The second-order valence-corrected chi connectivity index (χ2v) is 12.9. The van der Waals surface area contributed by atoms with Crippen molar-refractivity contribution in [2.24, 2.45) is 0 Å². The number of nitrogens with zero attached hydrogens (tertiary/aromatic N) is 1. The van der Waals surface area contributed by atoms with Crippen LogP contribution in [0.4, 0.5) is 17.1 Å². The fraction of sp³-hybridized carbons (Fsp3) is 0.0417. The Labute approximate surface area is 292 Å². The molecule has 0 bridgehead atoms. The average molecular weight is 642 g/mol. The van der Waals surface area contributed by atoms with Gasteiger partial charge in [0.2, 0.25) is 0 Å². The van der Waals surface area contributed by atoms with Crippen molar-refractivity contribution in [2.45, 2.75) is 12.0 Å². The van der Waals surface area contributed by atoms with Crippen molar-refractivity contribution in [1.82, 2.24) is 0 Å². The summed E-state index contributed by atoms with van der Waals surface area (Å²) in [4.78, 5) is 2.42. The van der Waals surface area contributed by atoms with Gasteiger partial charge in [-0.25, -0.2) is 0 Å². The van der Waals surface area contributed by atoms with Gasteiger partial charge in [-0.3, -0.25) is 0 Å². The molecule has 9 rings (SSSR count). The molecular weight excluding hydrogens is 607 g/mol. The van der Waals surface area contributed by atoms with E-state index in [1.807, 2.05) is 6.08 Å². The Hall–Kier alpha value is -6.38. The molecule has 0 aliphatic carbocycles. The molecular formula is C48H35NO. The standard InChI is InChI=1S/C48H35NO/c1-2-47-43(44-31-27-35-17-7-10-22-40(35)48(44)50-47)30-28-36-18-8-11-24-45(36)49(38-20-12-19-37(32-38)33-14-4-3-5-15-33)46-25-13-23-41-39-21-9-6-16-34(39)26-29-42(41)46/h2-32,43,47H,1H2/b30-28+. The van der Waals surface area contributed by atoms with E-state index in [9.17, 15) is 0 Å². The van der Waals surface area contributed by atoms with Gasteiger partial charge in [0, 0.05) is 27.9 Å². The van der Waals surface area contributed by atoms with Gasteiger partial charge >= 0.3 is 0 Å². The first-order chi connectivity index (χ1) is 24.8. The molecule has 0 saturated heterocycles. The third-order valence-electron chi connectivity index (χ3n) is 9.99. The zero-order chi connectivity index (χ0) is 33.4. The number of benzene rings is 8. The minimum Gasteiger partial charge on any atom is -0.484 e. The second kappa shape index (κ2) is 12.6. The lowest BCUT2D eigenvalue weighted by Crippen LogP contribution is -2.14. The Kier molecular flexibility index (Phi) is 7.48. The minimum absolute atomic E-state index is 0.0407. The van der Waals surface area contributed by atoms with E-state index in [0.29, 0.717) is 0 Å². The number of anilines is 3. The summed E-state index contributed by atoms with van der Waals surface area (Å²) in [6.07, 6.45) is 6.33. The smallest absolute Gasteiger partial charge is 0.132 e. The van der Waals surface area contributed by atoms with Gasteiger partial charge in [-0.2, -0.15) is 0 Å². The SMILES string of the molecule is C=CC1Oc2c(ccc3ccccc23)C1/C=C/c1ccccc1N(c1cccc(-c2ccccc2)c1)c1cccc2c1ccc1ccccc12. The van der Waals surface area contributed by atoms with E-state index in [0.717, 1.165) is 33.8 Å². The number of hydrogen-bond donors (Lipinski definition) is 0. The van der Waals surface area contributed by atoms with Gasteiger partial charge in [0.25, 0.3) is 0 Å². The molecule has 1 aliphatic rings. The van der Waals surface area contributed by atoms with E-state index in [1.54, 1.807) is 0 Å². The zero-order valence-corrected chi connectivity index (χ0v) is 27.6. The predicted octanol–water partition coefficient (Wildman–Crippen LogP) is 13.0. The van der Waals surface area contributed by atoms with Crippen LogP contribution in [0.1, 0.15) is 17.0 Å². The number of para-hydroxylation sites is 1. The highest BCUT2D eigenvalue weighted by Crippen LogP contribution is 2.46. The lowest BCUT2D eigenvalue weighted by atomic mass is 9.92. The quantitative estimate of drug-likeness (QED) is 0.127. The predicted molar refractivity (Wildman–Crippen MR) is 212 cm³/mol. The molecule has 2 heteroatoms. The van der Waals surface area contributed by atoms with Crippen molar-refractivity contribution >= 4 is 55.5 Å². The molecule has 0 radical (unpaired) electrons. The molecule has 0 amide bonds. The monoisotopic (exact) mass is 641 g/mol. The van der Waals surface area contributed by atoms with Crippen molar-refractivity contribution in [1.29, 1.82) is 0 Å². The second-order valence-electron chi connectivity index (χ2n) is 12.9. The van der Waals surface area contributed by atoms with Gasteiger partial charge in [-0.15, -0.1) is 0 Å². The Balaban J connectivity index is 1.22. The molecule has 8 aromatic rings. The van der Waals surface area contributed by atoms with Crippen LogP contribution in [0.5, 0.6) is 5.75 Å². The lowest BCUT2D eigenvalue weighted by molar-refractivity contribution is 0.273. The van der Waals surface area contributed by atoms with Crippen LogP contribution < -0.4 is 9.64 Å². The molecule has 238 valence electrons. The van der Waals surface area contributed by atoms with Crippen LogP contribution in [-0.4, -0.2) is 6.10 Å². The molecule has 2 atom stereocenters. The summed E-state index contributed by atoms with van der Waals surface area (Å²) < 4.78 is 6.55. The van der Waals surface area contributed by atoms with E-state index < -0.39 is 0 Å². The summed E-state index contributed by atoms with van der Waals surface area (Å²) in [7, 11) is 0. The zero-order valence-electron chi connectivity index (χ0n) is 27.6. The molecule has 1 aliphatic heterocycles. The Morgan fingerprint density at radius 3 is 2.04 bits per heavy atom.